The molecule has 132 valence electrons. The number of hydrogen-bond donors (Lipinski definition) is 1. The van der Waals surface area contributed by atoms with E-state index in [1.807, 2.05) is 18.2 Å². The van der Waals surface area contributed by atoms with Gasteiger partial charge in [0.05, 0.1) is 17.4 Å². The summed E-state index contributed by atoms with van der Waals surface area (Å²) in [5.74, 6) is 0.120. The van der Waals surface area contributed by atoms with Gasteiger partial charge in [-0.1, -0.05) is 41.9 Å². The quantitative estimate of drug-likeness (QED) is 0.856. The maximum atomic E-state index is 12.1. The summed E-state index contributed by atoms with van der Waals surface area (Å²) >= 11 is 5.77. The highest BCUT2D eigenvalue weighted by atomic mass is 35.5. The lowest BCUT2D eigenvalue weighted by Gasteiger charge is -2.28. The van der Waals surface area contributed by atoms with E-state index in [-0.39, 0.29) is 18.1 Å². The number of carbonyl (C=O) groups excluding carboxylic acids is 1. The van der Waals surface area contributed by atoms with Crippen LogP contribution in [-0.4, -0.2) is 28.0 Å². The van der Waals surface area contributed by atoms with Crippen LogP contribution in [0.25, 0.3) is 0 Å². The molecule has 6 heteroatoms. The highest BCUT2D eigenvalue weighted by Gasteiger charge is 2.24. The van der Waals surface area contributed by atoms with Gasteiger partial charge in [-0.25, -0.2) is 9.97 Å². The Kier molecular flexibility index (Phi) is 6.23. The Morgan fingerprint density at radius 2 is 1.80 bits per heavy atom. The van der Waals surface area contributed by atoms with Gasteiger partial charge in [-0.3, -0.25) is 4.79 Å². The van der Waals surface area contributed by atoms with E-state index in [0.29, 0.717) is 17.5 Å². The lowest BCUT2D eigenvalue weighted by atomic mass is 9.93. The fourth-order valence-electron chi connectivity index (χ4n) is 3.04. The van der Waals surface area contributed by atoms with Crippen molar-refractivity contribution < 1.29 is 9.53 Å². The molecular weight excluding hydrogens is 338 g/mol. The number of hydrogen-bond acceptors (Lipinski definition) is 4. The molecule has 1 aromatic carbocycles. The smallest absolute Gasteiger partial charge is 0.316 e. The maximum Gasteiger partial charge on any atom is 0.316 e. The van der Waals surface area contributed by atoms with E-state index in [4.69, 9.17) is 16.3 Å². The first kappa shape index (κ1) is 17.7. The summed E-state index contributed by atoms with van der Waals surface area (Å²) in [5.41, 5.74) is 1.19. The van der Waals surface area contributed by atoms with Gasteiger partial charge in [-0.2, -0.15) is 0 Å². The van der Waals surface area contributed by atoms with E-state index >= 15 is 0 Å². The van der Waals surface area contributed by atoms with Crippen LogP contribution in [0.4, 0.5) is 0 Å². The number of nitrogens with zero attached hydrogens (tertiary/aromatic N) is 2. The Hall–Kier alpha value is -2.14. The van der Waals surface area contributed by atoms with Gasteiger partial charge < -0.3 is 10.1 Å². The lowest BCUT2D eigenvalue weighted by molar-refractivity contribution is -0.122. The normalized spacial score (nSPS) is 20.0. The van der Waals surface area contributed by atoms with Crippen LogP contribution < -0.4 is 10.1 Å². The van der Waals surface area contributed by atoms with Gasteiger partial charge in [-0.15, -0.1) is 0 Å². The zero-order valence-corrected chi connectivity index (χ0v) is 14.8. The van der Waals surface area contributed by atoms with Crippen LogP contribution >= 0.6 is 11.6 Å². The second-order valence-corrected chi connectivity index (χ2v) is 6.76. The lowest BCUT2D eigenvalue weighted by Crippen LogP contribution is -2.39. The molecule has 1 aromatic heterocycles. The van der Waals surface area contributed by atoms with Crippen LogP contribution in [0.5, 0.6) is 6.01 Å². The summed E-state index contributed by atoms with van der Waals surface area (Å²) in [5, 5.41) is 3.63. The second kappa shape index (κ2) is 8.81. The van der Waals surface area contributed by atoms with Gasteiger partial charge in [0.1, 0.15) is 6.10 Å². The molecule has 1 amide bonds. The van der Waals surface area contributed by atoms with Gasteiger partial charge in [-0.05, 0) is 37.7 Å². The van der Waals surface area contributed by atoms with E-state index in [9.17, 15) is 4.79 Å². The standard InChI is InChI=1S/C19H22ClN3O2/c20-15-12-21-19(22-13-15)25-17-9-7-16(8-10-17)23-18(24)11-6-14-4-2-1-3-5-14/h1-5,12-13,16-17H,6-11H2,(H,23,24). The summed E-state index contributed by atoms with van der Waals surface area (Å²) in [6, 6.07) is 10.7. The van der Waals surface area contributed by atoms with Crippen LogP contribution in [0, 0.1) is 0 Å². The molecule has 1 N–H and O–H groups in total. The molecule has 0 unspecified atom stereocenters. The third-order valence-corrected chi connectivity index (χ3v) is 4.59. The molecule has 2 aromatic rings. The molecule has 25 heavy (non-hydrogen) atoms. The molecule has 0 aliphatic heterocycles. The van der Waals surface area contributed by atoms with Crippen molar-refractivity contribution in [3.05, 3.63) is 53.3 Å². The Morgan fingerprint density at radius 3 is 2.48 bits per heavy atom. The summed E-state index contributed by atoms with van der Waals surface area (Å²) in [7, 11) is 0. The van der Waals surface area contributed by atoms with Crippen molar-refractivity contribution in [3.63, 3.8) is 0 Å². The average molecular weight is 360 g/mol. The van der Waals surface area contributed by atoms with Crippen molar-refractivity contribution in [2.45, 2.75) is 50.7 Å². The highest BCUT2D eigenvalue weighted by molar-refractivity contribution is 6.30. The molecule has 0 spiro atoms. The Balaban J connectivity index is 1.37. The zero-order valence-electron chi connectivity index (χ0n) is 14.0. The summed E-state index contributed by atoms with van der Waals surface area (Å²) in [4.78, 5) is 20.2. The number of carbonyl (C=O) groups is 1. The molecule has 0 bridgehead atoms. The third kappa shape index (κ3) is 5.71. The Morgan fingerprint density at radius 1 is 1.12 bits per heavy atom. The Bertz CT molecular complexity index is 671. The minimum atomic E-state index is 0.0960. The van der Waals surface area contributed by atoms with Crippen molar-refractivity contribution in [1.82, 2.24) is 15.3 Å². The summed E-state index contributed by atoms with van der Waals surface area (Å²) < 4.78 is 5.78. The number of halogens is 1. The first-order valence-electron chi connectivity index (χ1n) is 8.66. The minimum absolute atomic E-state index is 0.0960. The van der Waals surface area contributed by atoms with Gasteiger partial charge in [0, 0.05) is 12.5 Å². The summed E-state index contributed by atoms with van der Waals surface area (Å²) in [6.45, 7) is 0. The van der Waals surface area contributed by atoms with E-state index in [1.165, 1.54) is 18.0 Å². The zero-order chi connectivity index (χ0) is 17.5. The van der Waals surface area contributed by atoms with Gasteiger partial charge >= 0.3 is 6.01 Å². The van der Waals surface area contributed by atoms with E-state index in [0.717, 1.165) is 32.1 Å². The first-order chi connectivity index (χ1) is 12.2. The number of rotatable bonds is 6. The number of amides is 1. The predicted molar refractivity (Wildman–Crippen MR) is 96.6 cm³/mol. The largest absolute Gasteiger partial charge is 0.460 e. The molecule has 1 fully saturated rings. The number of nitrogens with one attached hydrogen (secondary N) is 1. The third-order valence-electron chi connectivity index (χ3n) is 4.39. The molecule has 0 atom stereocenters. The van der Waals surface area contributed by atoms with E-state index in [2.05, 4.69) is 27.4 Å². The molecule has 1 aliphatic rings. The molecule has 1 aliphatic carbocycles. The molecule has 0 radical (unpaired) electrons. The number of ether oxygens (including phenoxy) is 1. The van der Waals surface area contributed by atoms with Crippen molar-refractivity contribution >= 4 is 17.5 Å². The summed E-state index contributed by atoms with van der Waals surface area (Å²) in [6.07, 6.45) is 8.05. The molecule has 1 saturated carbocycles. The van der Waals surface area contributed by atoms with Crippen molar-refractivity contribution in [2.75, 3.05) is 0 Å². The van der Waals surface area contributed by atoms with Gasteiger partial charge in [0.25, 0.3) is 0 Å². The van der Waals surface area contributed by atoms with E-state index in [1.54, 1.807) is 0 Å². The SMILES string of the molecule is O=C(CCc1ccccc1)NC1CCC(Oc2ncc(Cl)cn2)CC1. The van der Waals surface area contributed by atoms with Crippen LogP contribution in [0.15, 0.2) is 42.7 Å². The molecule has 5 nitrogen and oxygen atoms in total. The second-order valence-electron chi connectivity index (χ2n) is 6.33. The number of aryl methyl sites for hydroxylation is 1. The Labute approximate surface area is 152 Å². The van der Waals surface area contributed by atoms with Crippen LogP contribution in [0.3, 0.4) is 0 Å². The predicted octanol–water partition coefficient (Wildman–Crippen LogP) is 3.57. The topological polar surface area (TPSA) is 64.1 Å². The number of benzene rings is 1. The maximum absolute atomic E-state index is 12.1. The molecular formula is C19H22ClN3O2. The highest BCUT2D eigenvalue weighted by Crippen LogP contribution is 2.22. The van der Waals surface area contributed by atoms with Crippen molar-refractivity contribution in [2.24, 2.45) is 0 Å². The number of aromatic nitrogens is 2. The fourth-order valence-corrected chi connectivity index (χ4v) is 3.14. The monoisotopic (exact) mass is 359 g/mol. The fraction of sp³-hybridized carbons (Fsp3) is 0.421. The molecule has 3 rings (SSSR count). The molecule has 0 saturated heterocycles. The van der Waals surface area contributed by atoms with Crippen LogP contribution in [0.1, 0.15) is 37.7 Å². The van der Waals surface area contributed by atoms with E-state index < -0.39 is 0 Å². The first-order valence-corrected chi connectivity index (χ1v) is 9.04. The van der Waals surface area contributed by atoms with Crippen molar-refractivity contribution in [3.8, 4) is 6.01 Å². The van der Waals surface area contributed by atoms with Gasteiger partial charge in [0.15, 0.2) is 0 Å². The van der Waals surface area contributed by atoms with Crippen molar-refractivity contribution in [1.29, 1.82) is 0 Å². The minimum Gasteiger partial charge on any atom is -0.460 e. The van der Waals surface area contributed by atoms with Gasteiger partial charge in [0.2, 0.25) is 5.91 Å². The van der Waals surface area contributed by atoms with Crippen LogP contribution in [-0.2, 0) is 11.2 Å². The molecule has 1 heterocycles. The average Bonchev–Trinajstić information content (AvgIpc) is 2.64. The van der Waals surface area contributed by atoms with Crippen LogP contribution in [0.2, 0.25) is 5.02 Å².